The number of pyridine rings is 1. The number of aromatic nitrogens is 1. The molecule has 8 heteroatoms. The van der Waals surface area contributed by atoms with Gasteiger partial charge in [0.25, 0.3) is 11.5 Å². The first kappa shape index (κ1) is 19.1. The van der Waals surface area contributed by atoms with Crippen LogP contribution in [0.3, 0.4) is 0 Å². The van der Waals surface area contributed by atoms with Crippen LogP contribution in [-0.2, 0) is 4.74 Å². The molecule has 3 aliphatic rings. The van der Waals surface area contributed by atoms with Crippen molar-refractivity contribution in [1.29, 1.82) is 0 Å². The van der Waals surface area contributed by atoms with Crippen molar-refractivity contribution in [2.24, 2.45) is 11.3 Å². The highest BCUT2D eigenvalue weighted by Gasteiger charge is 2.49. The number of aryl methyl sites for hydroxylation is 1. The van der Waals surface area contributed by atoms with Crippen molar-refractivity contribution in [3.8, 4) is 17.2 Å². The van der Waals surface area contributed by atoms with Crippen LogP contribution in [-0.4, -0.2) is 60.2 Å². The van der Waals surface area contributed by atoms with Crippen molar-refractivity contribution < 1.29 is 24.1 Å². The Morgan fingerprint density at radius 3 is 2.90 bits per heavy atom. The molecule has 0 bridgehead atoms. The number of rotatable bonds is 3. The zero-order valence-corrected chi connectivity index (χ0v) is 16.8. The van der Waals surface area contributed by atoms with Crippen molar-refractivity contribution in [1.82, 2.24) is 9.47 Å². The summed E-state index contributed by atoms with van der Waals surface area (Å²) in [4.78, 5) is 28.4. The van der Waals surface area contributed by atoms with E-state index in [1.54, 1.807) is 42.3 Å². The van der Waals surface area contributed by atoms with Crippen LogP contribution in [0.1, 0.15) is 22.3 Å². The number of benzene rings is 1. The van der Waals surface area contributed by atoms with Crippen LogP contribution in [0.5, 0.6) is 11.5 Å². The van der Waals surface area contributed by atoms with Crippen LogP contribution in [0.4, 0.5) is 0 Å². The summed E-state index contributed by atoms with van der Waals surface area (Å²) in [5.41, 5.74) is 0.582. The molecule has 0 unspecified atom stereocenters. The fourth-order valence-corrected chi connectivity index (χ4v) is 4.76. The summed E-state index contributed by atoms with van der Waals surface area (Å²) in [7, 11) is 0. The summed E-state index contributed by atoms with van der Waals surface area (Å²) in [6.45, 7) is 3.88. The molecular formula is C22H24N2O6. The first-order valence-electron chi connectivity index (χ1n) is 10.1. The zero-order chi connectivity index (χ0) is 20.9. The van der Waals surface area contributed by atoms with Crippen molar-refractivity contribution in [3.63, 3.8) is 0 Å². The molecule has 1 aromatic carbocycles. The van der Waals surface area contributed by atoms with E-state index < -0.39 is 5.41 Å². The third kappa shape index (κ3) is 2.90. The van der Waals surface area contributed by atoms with E-state index in [2.05, 4.69) is 0 Å². The average Bonchev–Trinajstić information content (AvgIpc) is 3.38. The Kier molecular flexibility index (Phi) is 4.56. The normalized spacial score (nSPS) is 24.7. The van der Waals surface area contributed by atoms with Crippen LogP contribution in [0.15, 0.2) is 35.3 Å². The molecule has 3 aliphatic heterocycles. The van der Waals surface area contributed by atoms with E-state index in [-0.39, 0.29) is 36.3 Å². The molecule has 4 heterocycles. The summed E-state index contributed by atoms with van der Waals surface area (Å²) < 4.78 is 17.8. The van der Waals surface area contributed by atoms with E-state index in [0.29, 0.717) is 49.1 Å². The molecule has 2 atom stereocenters. The molecule has 5 rings (SSSR count). The van der Waals surface area contributed by atoms with Gasteiger partial charge in [-0.2, -0.15) is 0 Å². The smallest absolute Gasteiger partial charge is 0.268 e. The maximum Gasteiger partial charge on any atom is 0.268 e. The Hall–Kier alpha value is -2.84. The zero-order valence-electron chi connectivity index (χ0n) is 16.8. The molecule has 158 valence electrons. The Morgan fingerprint density at radius 2 is 2.10 bits per heavy atom. The minimum atomic E-state index is -0.438. The Labute approximate surface area is 173 Å². The van der Waals surface area contributed by atoms with Crippen molar-refractivity contribution in [2.75, 3.05) is 39.7 Å². The molecule has 0 aliphatic carbocycles. The van der Waals surface area contributed by atoms with Crippen LogP contribution in [0, 0.1) is 18.3 Å². The predicted octanol–water partition coefficient (Wildman–Crippen LogP) is 1.35. The van der Waals surface area contributed by atoms with Gasteiger partial charge in [0, 0.05) is 37.4 Å². The summed E-state index contributed by atoms with van der Waals surface area (Å²) in [5.74, 6) is 1.09. The third-order valence-electron chi connectivity index (χ3n) is 6.56. The van der Waals surface area contributed by atoms with Gasteiger partial charge in [-0.15, -0.1) is 0 Å². The number of amides is 1. The van der Waals surface area contributed by atoms with Gasteiger partial charge in [-0.05, 0) is 43.0 Å². The number of carbonyl (C=O) groups excluding carboxylic acids is 1. The van der Waals surface area contributed by atoms with E-state index in [4.69, 9.17) is 14.2 Å². The summed E-state index contributed by atoms with van der Waals surface area (Å²) >= 11 is 0. The highest BCUT2D eigenvalue weighted by Crippen LogP contribution is 2.41. The van der Waals surface area contributed by atoms with Gasteiger partial charge in [-0.3, -0.25) is 14.2 Å². The lowest BCUT2D eigenvalue weighted by Crippen LogP contribution is -2.43. The number of ether oxygens (including phenoxy) is 3. The highest BCUT2D eigenvalue weighted by atomic mass is 16.7. The van der Waals surface area contributed by atoms with Gasteiger partial charge in [-0.25, -0.2) is 0 Å². The lowest BCUT2D eigenvalue weighted by Gasteiger charge is -2.36. The first-order valence-corrected chi connectivity index (χ1v) is 10.1. The van der Waals surface area contributed by atoms with Gasteiger partial charge in [0.1, 0.15) is 5.56 Å². The number of aliphatic hydroxyl groups excluding tert-OH is 1. The predicted molar refractivity (Wildman–Crippen MR) is 107 cm³/mol. The molecule has 0 spiro atoms. The first-order chi connectivity index (χ1) is 14.5. The van der Waals surface area contributed by atoms with Crippen LogP contribution < -0.4 is 15.0 Å². The molecule has 30 heavy (non-hydrogen) atoms. The summed E-state index contributed by atoms with van der Waals surface area (Å²) in [6, 6.07) is 7.02. The van der Waals surface area contributed by atoms with E-state index in [1.807, 2.05) is 0 Å². The number of fused-ring (bicyclic) bond motifs is 2. The van der Waals surface area contributed by atoms with Crippen molar-refractivity contribution in [3.05, 3.63) is 51.9 Å². The standard InChI is InChI=1S/C22H24N2O6/c1-14-4-6-24(16-2-3-17-18(8-16)30-13-29-17)21(27)19(14)20(26)23-9-15-5-7-28-12-22(15,10-23)11-25/h2-4,6,8,15,25H,5,7,9-13H2,1H3/t15-,22+/m0/s1. The van der Waals surface area contributed by atoms with Gasteiger partial charge >= 0.3 is 0 Å². The second-order valence-corrected chi connectivity index (χ2v) is 8.33. The molecule has 8 nitrogen and oxygen atoms in total. The van der Waals surface area contributed by atoms with Gasteiger partial charge in [0.15, 0.2) is 11.5 Å². The van der Waals surface area contributed by atoms with Crippen molar-refractivity contribution in [2.45, 2.75) is 13.3 Å². The van der Waals surface area contributed by atoms with Crippen LogP contribution >= 0.6 is 0 Å². The van der Waals surface area contributed by atoms with E-state index in [1.165, 1.54) is 4.57 Å². The second-order valence-electron chi connectivity index (χ2n) is 8.33. The minimum Gasteiger partial charge on any atom is -0.454 e. The number of likely N-dealkylation sites (tertiary alicyclic amines) is 1. The van der Waals surface area contributed by atoms with Crippen LogP contribution in [0.2, 0.25) is 0 Å². The lowest BCUT2D eigenvalue weighted by atomic mass is 9.76. The number of hydrogen-bond acceptors (Lipinski definition) is 6. The fraction of sp³-hybridized carbons (Fsp3) is 0.455. The number of hydrogen-bond donors (Lipinski definition) is 1. The van der Waals surface area contributed by atoms with Crippen molar-refractivity contribution >= 4 is 5.91 Å². The SMILES string of the molecule is Cc1ccn(-c2ccc3c(c2)OCO3)c(=O)c1C(=O)N1C[C@@H]2CCOC[C@]2(CO)C1. The molecule has 2 aromatic rings. The molecule has 1 N–H and O–H groups in total. The molecule has 0 saturated carbocycles. The maximum atomic E-state index is 13.4. The van der Waals surface area contributed by atoms with Crippen LogP contribution in [0.25, 0.3) is 5.69 Å². The average molecular weight is 412 g/mol. The molecule has 1 amide bonds. The molecule has 0 radical (unpaired) electrons. The monoisotopic (exact) mass is 412 g/mol. The van der Waals surface area contributed by atoms with E-state index >= 15 is 0 Å². The topological polar surface area (TPSA) is 90.2 Å². The van der Waals surface area contributed by atoms with E-state index in [9.17, 15) is 14.7 Å². The second kappa shape index (κ2) is 7.14. The third-order valence-corrected chi connectivity index (χ3v) is 6.56. The van der Waals surface area contributed by atoms with Gasteiger partial charge in [-0.1, -0.05) is 0 Å². The molecular weight excluding hydrogens is 388 g/mol. The Bertz CT molecular complexity index is 1060. The number of carbonyl (C=O) groups is 1. The quantitative estimate of drug-likeness (QED) is 0.819. The van der Waals surface area contributed by atoms with Gasteiger partial charge < -0.3 is 24.2 Å². The fourth-order valence-electron chi connectivity index (χ4n) is 4.76. The minimum absolute atomic E-state index is 0.0311. The summed E-state index contributed by atoms with van der Waals surface area (Å²) in [6.07, 6.45) is 2.47. The lowest BCUT2D eigenvalue weighted by molar-refractivity contribution is -0.0557. The molecule has 2 fully saturated rings. The largest absolute Gasteiger partial charge is 0.454 e. The Morgan fingerprint density at radius 1 is 1.27 bits per heavy atom. The van der Waals surface area contributed by atoms with Gasteiger partial charge in [0.05, 0.1) is 18.9 Å². The number of aliphatic hydroxyl groups is 1. The Balaban J connectivity index is 1.50. The highest BCUT2D eigenvalue weighted by molar-refractivity contribution is 5.95. The maximum absolute atomic E-state index is 13.4. The number of nitrogens with zero attached hydrogens (tertiary/aromatic N) is 2. The molecule has 1 aromatic heterocycles. The summed E-state index contributed by atoms with van der Waals surface area (Å²) in [5, 5.41) is 10.00. The van der Waals surface area contributed by atoms with E-state index in [0.717, 1.165) is 6.42 Å². The molecule has 2 saturated heterocycles. The van der Waals surface area contributed by atoms with Gasteiger partial charge in [0.2, 0.25) is 6.79 Å².